The lowest BCUT2D eigenvalue weighted by Gasteiger charge is -2.26. The number of amides is 4. The zero-order valence-electron chi connectivity index (χ0n) is 15.1. The highest BCUT2D eigenvalue weighted by molar-refractivity contribution is 6.39. The molecule has 1 N–H and O–H groups in total. The molecule has 3 rings (SSSR count). The minimum atomic E-state index is -0.787. The van der Waals surface area contributed by atoms with E-state index in [0.717, 1.165) is 10.5 Å². The molecule has 1 saturated heterocycles. The number of nitrogens with one attached hydrogen (secondary N) is 1. The number of carbonyl (C=O) groups excluding carboxylic acids is 3. The van der Waals surface area contributed by atoms with Crippen molar-refractivity contribution in [2.45, 2.75) is 6.92 Å². The predicted molar refractivity (Wildman–Crippen MR) is 99.7 cm³/mol. The molecule has 7 heteroatoms. The largest absolute Gasteiger partial charge is 0.497 e. The first-order valence-electron chi connectivity index (χ1n) is 8.14. The van der Waals surface area contributed by atoms with Crippen LogP contribution in [-0.2, 0) is 9.59 Å². The molecule has 2 aromatic rings. The number of benzene rings is 2. The summed E-state index contributed by atoms with van der Waals surface area (Å²) in [5.41, 5.74) is 1.56. The van der Waals surface area contributed by atoms with E-state index in [2.05, 4.69) is 5.32 Å². The molecular formula is C20H18N2O5. The molecule has 0 atom stereocenters. The van der Waals surface area contributed by atoms with Crippen molar-refractivity contribution in [1.82, 2.24) is 5.32 Å². The molecule has 0 aliphatic carbocycles. The van der Waals surface area contributed by atoms with Crippen LogP contribution in [0, 0.1) is 6.92 Å². The van der Waals surface area contributed by atoms with Gasteiger partial charge in [-0.25, -0.2) is 9.69 Å². The van der Waals surface area contributed by atoms with E-state index >= 15 is 0 Å². The van der Waals surface area contributed by atoms with Crippen LogP contribution >= 0.6 is 0 Å². The van der Waals surface area contributed by atoms with Crippen LogP contribution in [0.2, 0.25) is 0 Å². The van der Waals surface area contributed by atoms with Gasteiger partial charge in [-0.05, 0) is 48.9 Å². The van der Waals surface area contributed by atoms with E-state index in [1.807, 2.05) is 13.0 Å². The third-order valence-electron chi connectivity index (χ3n) is 4.10. The number of aryl methyl sites for hydroxylation is 1. The van der Waals surface area contributed by atoms with Crippen LogP contribution in [0.1, 0.15) is 11.1 Å². The summed E-state index contributed by atoms with van der Waals surface area (Å²) >= 11 is 0. The van der Waals surface area contributed by atoms with Gasteiger partial charge in [0.05, 0.1) is 19.9 Å². The van der Waals surface area contributed by atoms with Gasteiger partial charge in [-0.3, -0.25) is 14.9 Å². The lowest BCUT2D eigenvalue weighted by atomic mass is 10.1. The molecule has 138 valence electrons. The zero-order chi connectivity index (χ0) is 19.6. The van der Waals surface area contributed by atoms with Crippen molar-refractivity contribution in [1.29, 1.82) is 0 Å². The Morgan fingerprint density at radius 2 is 1.78 bits per heavy atom. The van der Waals surface area contributed by atoms with E-state index in [-0.39, 0.29) is 5.57 Å². The van der Waals surface area contributed by atoms with Gasteiger partial charge >= 0.3 is 6.03 Å². The number of hydrogen-bond acceptors (Lipinski definition) is 5. The highest BCUT2D eigenvalue weighted by Gasteiger charge is 2.37. The lowest BCUT2D eigenvalue weighted by molar-refractivity contribution is -0.122. The number of barbiturate groups is 1. The molecule has 7 nitrogen and oxygen atoms in total. The normalized spacial score (nSPS) is 15.7. The van der Waals surface area contributed by atoms with Crippen LogP contribution in [0.4, 0.5) is 10.5 Å². The molecular weight excluding hydrogens is 348 g/mol. The van der Waals surface area contributed by atoms with Gasteiger partial charge in [0.2, 0.25) is 0 Å². The summed E-state index contributed by atoms with van der Waals surface area (Å²) in [6.07, 6.45) is 1.38. The summed E-state index contributed by atoms with van der Waals surface area (Å²) in [5.74, 6) is -0.473. The molecule has 1 aliphatic heterocycles. The zero-order valence-corrected chi connectivity index (χ0v) is 15.1. The first-order chi connectivity index (χ1) is 12.9. The van der Waals surface area contributed by atoms with E-state index in [4.69, 9.17) is 9.47 Å². The number of hydrogen-bond donors (Lipinski definition) is 1. The third-order valence-corrected chi connectivity index (χ3v) is 4.10. The number of rotatable bonds is 4. The molecule has 0 saturated carbocycles. The Balaban J connectivity index is 2.07. The number of ether oxygens (including phenoxy) is 2. The van der Waals surface area contributed by atoms with Crippen LogP contribution in [0.5, 0.6) is 11.5 Å². The molecule has 0 radical (unpaired) electrons. The summed E-state index contributed by atoms with van der Waals surface area (Å²) in [7, 11) is 2.99. The standard InChI is InChI=1S/C20H18N2O5/c1-12-5-4-6-14(9-12)22-19(24)16(18(23)21-20(22)25)11-13-10-15(26-2)7-8-17(13)27-3/h4-11H,1-3H3,(H,21,23,25)/b16-11+. The molecule has 1 aliphatic rings. The molecule has 1 fully saturated rings. The van der Waals surface area contributed by atoms with E-state index in [9.17, 15) is 14.4 Å². The molecule has 27 heavy (non-hydrogen) atoms. The summed E-state index contributed by atoms with van der Waals surface area (Å²) in [5, 5.41) is 2.20. The maximum Gasteiger partial charge on any atom is 0.335 e. The molecule has 2 aromatic carbocycles. The SMILES string of the molecule is COc1ccc(OC)c(/C=C2\C(=O)NC(=O)N(c3cccc(C)c3)C2=O)c1. The van der Waals surface area contributed by atoms with E-state index < -0.39 is 17.8 Å². The Morgan fingerprint density at radius 1 is 1.00 bits per heavy atom. The lowest BCUT2D eigenvalue weighted by Crippen LogP contribution is -2.54. The molecule has 4 amide bonds. The number of anilines is 1. The smallest absolute Gasteiger partial charge is 0.335 e. The van der Waals surface area contributed by atoms with Crippen LogP contribution < -0.4 is 19.7 Å². The highest BCUT2D eigenvalue weighted by atomic mass is 16.5. The quantitative estimate of drug-likeness (QED) is 0.664. The maximum absolute atomic E-state index is 12.9. The van der Waals surface area contributed by atoms with Crippen LogP contribution in [0.25, 0.3) is 6.08 Å². The van der Waals surface area contributed by atoms with Gasteiger partial charge in [0.1, 0.15) is 17.1 Å². The monoisotopic (exact) mass is 366 g/mol. The van der Waals surface area contributed by atoms with Gasteiger partial charge in [0.25, 0.3) is 11.8 Å². The molecule has 0 aromatic heterocycles. The molecule has 1 heterocycles. The first-order valence-corrected chi connectivity index (χ1v) is 8.14. The average molecular weight is 366 g/mol. The van der Waals surface area contributed by atoms with Crippen molar-refractivity contribution in [3.05, 3.63) is 59.2 Å². The minimum absolute atomic E-state index is 0.178. The van der Waals surface area contributed by atoms with Crippen molar-refractivity contribution in [3.63, 3.8) is 0 Å². The fraction of sp³-hybridized carbons (Fsp3) is 0.150. The Morgan fingerprint density at radius 3 is 2.44 bits per heavy atom. The van der Waals surface area contributed by atoms with Crippen molar-refractivity contribution in [2.24, 2.45) is 0 Å². The first kappa shape index (κ1) is 18.2. The fourth-order valence-electron chi connectivity index (χ4n) is 2.77. The third kappa shape index (κ3) is 3.52. The second kappa shape index (κ2) is 7.33. The van der Waals surface area contributed by atoms with Gasteiger partial charge in [-0.15, -0.1) is 0 Å². The molecule has 0 bridgehead atoms. The Hall–Kier alpha value is -3.61. The number of carbonyl (C=O) groups is 3. The topological polar surface area (TPSA) is 84.9 Å². The average Bonchev–Trinajstić information content (AvgIpc) is 2.64. The summed E-state index contributed by atoms with van der Waals surface area (Å²) in [6, 6.07) is 11.1. The minimum Gasteiger partial charge on any atom is -0.497 e. The van der Waals surface area contributed by atoms with E-state index in [1.54, 1.807) is 36.4 Å². The number of methoxy groups -OCH3 is 2. The van der Waals surface area contributed by atoms with Crippen molar-refractivity contribution in [3.8, 4) is 11.5 Å². The van der Waals surface area contributed by atoms with Gasteiger partial charge in [0, 0.05) is 5.56 Å². The Labute approximate surface area is 156 Å². The highest BCUT2D eigenvalue weighted by Crippen LogP contribution is 2.28. The van der Waals surface area contributed by atoms with E-state index in [1.165, 1.54) is 20.3 Å². The molecule has 0 unspecified atom stereocenters. The van der Waals surface area contributed by atoms with Gasteiger partial charge in [-0.1, -0.05) is 12.1 Å². The number of imide groups is 2. The summed E-state index contributed by atoms with van der Waals surface area (Å²) < 4.78 is 10.5. The second-order valence-corrected chi connectivity index (χ2v) is 5.90. The second-order valence-electron chi connectivity index (χ2n) is 5.90. The Bertz CT molecular complexity index is 965. The summed E-state index contributed by atoms with van der Waals surface area (Å²) in [4.78, 5) is 38.4. The van der Waals surface area contributed by atoms with Crippen LogP contribution in [0.15, 0.2) is 48.0 Å². The fourth-order valence-corrected chi connectivity index (χ4v) is 2.77. The van der Waals surface area contributed by atoms with Crippen molar-refractivity contribution in [2.75, 3.05) is 19.1 Å². The Kier molecular flexibility index (Phi) is 4.94. The van der Waals surface area contributed by atoms with Crippen molar-refractivity contribution >= 4 is 29.6 Å². The van der Waals surface area contributed by atoms with Gasteiger partial charge in [0.15, 0.2) is 0 Å². The maximum atomic E-state index is 12.9. The van der Waals surface area contributed by atoms with Gasteiger partial charge < -0.3 is 9.47 Å². The number of urea groups is 1. The predicted octanol–water partition coefficient (Wildman–Crippen LogP) is 2.68. The van der Waals surface area contributed by atoms with Crippen LogP contribution in [0.3, 0.4) is 0 Å². The number of nitrogens with zero attached hydrogens (tertiary/aromatic N) is 1. The van der Waals surface area contributed by atoms with Crippen LogP contribution in [-0.4, -0.2) is 32.1 Å². The van der Waals surface area contributed by atoms with Gasteiger partial charge in [-0.2, -0.15) is 0 Å². The van der Waals surface area contributed by atoms with Crippen molar-refractivity contribution < 1.29 is 23.9 Å². The molecule has 0 spiro atoms. The van der Waals surface area contributed by atoms with E-state index in [0.29, 0.717) is 22.7 Å². The summed E-state index contributed by atoms with van der Waals surface area (Å²) in [6.45, 7) is 1.85.